The van der Waals surface area contributed by atoms with Gasteiger partial charge in [0, 0.05) is 25.4 Å². The lowest BCUT2D eigenvalue weighted by atomic mass is 10.00. The van der Waals surface area contributed by atoms with E-state index in [1.807, 2.05) is 26.5 Å². The van der Waals surface area contributed by atoms with Gasteiger partial charge in [-0.3, -0.25) is 4.68 Å². The normalized spacial score (nSPS) is 12.6. The molecule has 0 bridgehead atoms. The molecular formula is C15H19F2N3. The first-order valence-corrected chi connectivity index (χ1v) is 6.66. The maximum absolute atomic E-state index is 13.2. The summed E-state index contributed by atoms with van der Waals surface area (Å²) in [5.74, 6) is -1.05. The average Bonchev–Trinajstić information content (AvgIpc) is 2.79. The van der Waals surface area contributed by atoms with Gasteiger partial charge in [-0.2, -0.15) is 5.10 Å². The smallest absolute Gasteiger partial charge is 0.126 e. The van der Waals surface area contributed by atoms with E-state index in [1.54, 1.807) is 4.68 Å². The molecule has 1 heterocycles. The summed E-state index contributed by atoms with van der Waals surface area (Å²) in [7, 11) is 3.75. The lowest BCUT2D eigenvalue weighted by Gasteiger charge is -2.16. The van der Waals surface area contributed by atoms with E-state index in [1.165, 1.54) is 12.1 Å². The van der Waals surface area contributed by atoms with Crippen molar-refractivity contribution in [3.8, 4) is 0 Å². The third-order valence-corrected chi connectivity index (χ3v) is 3.35. The number of nitrogens with one attached hydrogen (secondary N) is 1. The van der Waals surface area contributed by atoms with Gasteiger partial charge in [0.05, 0.1) is 6.20 Å². The summed E-state index contributed by atoms with van der Waals surface area (Å²) in [6.45, 7) is 0. The quantitative estimate of drug-likeness (QED) is 0.880. The van der Waals surface area contributed by atoms with Crippen LogP contribution in [0, 0.1) is 11.6 Å². The third kappa shape index (κ3) is 4.13. The summed E-state index contributed by atoms with van der Waals surface area (Å²) in [6, 6.07) is 3.85. The van der Waals surface area contributed by atoms with Crippen molar-refractivity contribution < 1.29 is 8.78 Å². The number of benzene rings is 1. The summed E-state index contributed by atoms with van der Waals surface area (Å²) in [6.07, 6.45) is 6.20. The number of nitrogens with zero attached hydrogens (tertiary/aromatic N) is 2. The zero-order valence-electron chi connectivity index (χ0n) is 11.7. The summed E-state index contributed by atoms with van der Waals surface area (Å²) in [4.78, 5) is 0. The Bertz CT molecular complexity index is 546. The molecule has 1 unspecified atom stereocenters. The Balaban J connectivity index is 1.94. The Labute approximate surface area is 117 Å². The van der Waals surface area contributed by atoms with E-state index in [4.69, 9.17) is 0 Å². The highest BCUT2D eigenvalue weighted by molar-refractivity contribution is 5.19. The summed E-state index contributed by atoms with van der Waals surface area (Å²) >= 11 is 0. The van der Waals surface area contributed by atoms with Crippen molar-refractivity contribution in [3.05, 3.63) is 53.4 Å². The standard InChI is InChI=1S/C15H19F2N3/c1-18-15(4-3-11-9-19-20(2)10-11)7-12-5-13(16)8-14(17)6-12/h5-6,8-10,15,18H,3-4,7H2,1-2H3. The van der Waals surface area contributed by atoms with Gasteiger partial charge in [0.1, 0.15) is 11.6 Å². The first-order chi connectivity index (χ1) is 9.56. The van der Waals surface area contributed by atoms with E-state index in [-0.39, 0.29) is 6.04 Å². The fourth-order valence-electron chi connectivity index (χ4n) is 2.30. The van der Waals surface area contributed by atoms with E-state index < -0.39 is 11.6 Å². The first-order valence-electron chi connectivity index (χ1n) is 6.66. The number of likely N-dealkylation sites (N-methyl/N-ethyl adjacent to an activating group) is 1. The van der Waals surface area contributed by atoms with Crippen LogP contribution >= 0.6 is 0 Å². The van der Waals surface area contributed by atoms with Gasteiger partial charge in [-0.1, -0.05) is 0 Å². The molecule has 0 amide bonds. The fraction of sp³-hybridized carbons (Fsp3) is 0.400. The van der Waals surface area contributed by atoms with Crippen molar-refractivity contribution in [3.63, 3.8) is 0 Å². The molecule has 20 heavy (non-hydrogen) atoms. The summed E-state index contributed by atoms with van der Waals surface area (Å²) in [5, 5.41) is 7.32. The molecule has 0 saturated carbocycles. The number of hydrogen-bond donors (Lipinski definition) is 1. The second-order valence-electron chi connectivity index (χ2n) is 5.03. The summed E-state index contributed by atoms with van der Waals surface area (Å²) < 4.78 is 28.1. The van der Waals surface area contributed by atoms with Crippen molar-refractivity contribution in [2.24, 2.45) is 7.05 Å². The SMILES string of the molecule is CNC(CCc1cnn(C)c1)Cc1cc(F)cc(F)c1. The predicted octanol–water partition coefficient (Wildman–Crippen LogP) is 2.46. The molecule has 1 N–H and O–H groups in total. The van der Waals surface area contributed by atoms with Crippen molar-refractivity contribution in [1.29, 1.82) is 0 Å². The van der Waals surface area contributed by atoms with Crippen LogP contribution < -0.4 is 5.32 Å². The summed E-state index contributed by atoms with van der Waals surface area (Å²) in [5.41, 5.74) is 1.84. The minimum absolute atomic E-state index is 0.177. The highest BCUT2D eigenvalue weighted by Crippen LogP contribution is 2.13. The second kappa shape index (κ2) is 6.61. The highest BCUT2D eigenvalue weighted by Gasteiger charge is 2.10. The zero-order valence-corrected chi connectivity index (χ0v) is 11.7. The molecule has 0 spiro atoms. The van der Waals surface area contributed by atoms with Gasteiger partial charge in [-0.25, -0.2) is 8.78 Å². The molecule has 0 aliphatic carbocycles. The maximum atomic E-state index is 13.2. The molecule has 5 heteroatoms. The number of rotatable bonds is 6. The number of aromatic nitrogens is 2. The average molecular weight is 279 g/mol. The molecule has 0 saturated heterocycles. The van der Waals surface area contributed by atoms with E-state index in [0.29, 0.717) is 12.0 Å². The van der Waals surface area contributed by atoms with Crippen LogP contribution in [0.5, 0.6) is 0 Å². The van der Waals surface area contributed by atoms with E-state index in [2.05, 4.69) is 10.4 Å². The second-order valence-corrected chi connectivity index (χ2v) is 5.03. The predicted molar refractivity (Wildman–Crippen MR) is 74.4 cm³/mol. The van der Waals surface area contributed by atoms with Crippen molar-refractivity contribution >= 4 is 0 Å². The Morgan fingerprint density at radius 3 is 2.45 bits per heavy atom. The van der Waals surface area contributed by atoms with Gasteiger partial charge in [0.25, 0.3) is 0 Å². The monoisotopic (exact) mass is 279 g/mol. The molecule has 0 aliphatic heterocycles. The van der Waals surface area contributed by atoms with Gasteiger partial charge < -0.3 is 5.32 Å². The van der Waals surface area contributed by atoms with Crippen LogP contribution in [0.25, 0.3) is 0 Å². The molecule has 3 nitrogen and oxygen atoms in total. The molecule has 108 valence electrons. The van der Waals surface area contributed by atoms with E-state index in [0.717, 1.165) is 24.5 Å². The minimum Gasteiger partial charge on any atom is -0.317 e. The van der Waals surface area contributed by atoms with Crippen LogP contribution in [0.2, 0.25) is 0 Å². The molecule has 0 aliphatic rings. The Morgan fingerprint density at radius 2 is 1.90 bits per heavy atom. The molecule has 2 rings (SSSR count). The van der Waals surface area contributed by atoms with Gasteiger partial charge in [0.2, 0.25) is 0 Å². The highest BCUT2D eigenvalue weighted by atomic mass is 19.1. The molecule has 1 atom stereocenters. The van der Waals surface area contributed by atoms with Crippen molar-refractivity contribution in [2.75, 3.05) is 7.05 Å². The zero-order chi connectivity index (χ0) is 14.5. The Morgan fingerprint density at radius 1 is 1.20 bits per heavy atom. The molecule has 1 aromatic heterocycles. The van der Waals surface area contributed by atoms with Gasteiger partial charge in [-0.05, 0) is 49.6 Å². The van der Waals surface area contributed by atoms with Crippen LogP contribution in [0.1, 0.15) is 17.5 Å². The van der Waals surface area contributed by atoms with Crippen LogP contribution in [0.15, 0.2) is 30.6 Å². The van der Waals surface area contributed by atoms with Crippen LogP contribution in [-0.4, -0.2) is 22.9 Å². The largest absolute Gasteiger partial charge is 0.317 e. The Kier molecular flexibility index (Phi) is 4.84. The molecule has 1 aromatic carbocycles. The number of aryl methyl sites for hydroxylation is 2. The molecular weight excluding hydrogens is 260 g/mol. The number of hydrogen-bond acceptors (Lipinski definition) is 2. The third-order valence-electron chi connectivity index (χ3n) is 3.35. The maximum Gasteiger partial charge on any atom is 0.126 e. The van der Waals surface area contributed by atoms with Crippen molar-refractivity contribution in [2.45, 2.75) is 25.3 Å². The topological polar surface area (TPSA) is 29.9 Å². The molecule has 0 radical (unpaired) electrons. The molecule has 2 aromatic rings. The van der Waals surface area contributed by atoms with Crippen LogP contribution in [0.4, 0.5) is 8.78 Å². The van der Waals surface area contributed by atoms with Gasteiger partial charge in [0.15, 0.2) is 0 Å². The number of halogens is 2. The van der Waals surface area contributed by atoms with Crippen molar-refractivity contribution in [1.82, 2.24) is 15.1 Å². The van der Waals surface area contributed by atoms with Gasteiger partial charge in [-0.15, -0.1) is 0 Å². The van der Waals surface area contributed by atoms with Crippen LogP contribution in [0.3, 0.4) is 0 Å². The van der Waals surface area contributed by atoms with Crippen LogP contribution in [-0.2, 0) is 19.9 Å². The molecule has 0 fully saturated rings. The van der Waals surface area contributed by atoms with Gasteiger partial charge >= 0.3 is 0 Å². The van der Waals surface area contributed by atoms with E-state index in [9.17, 15) is 8.78 Å². The fourth-order valence-corrected chi connectivity index (χ4v) is 2.30. The minimum atomic E-state index is -0.526. The lowest BCUT2D eigenvalue weighted by Crippen LogP contribution is -2.28. The lowest BCUT2D eigenvalue weighted by molar-refractivity contribution is 0.514. The Hall–Kier alpha value is -1.75. The van der Waals surface area contributed by atoms with E-state index >= 15 is 0 Å². The first kappa shape index (κ1) is 14.7.